The van der Waals surface area contributed by atoms with Crippen LogP contribution in [0.4, 0.5) is 17.5 Å². The van der Waals surface area contributed by atoms with E-state index in [-0.39, 0.29) is 24.0 Å². The molecule has 2 aliphatic carbocycles. The van der Waals surface area contributed by atoms with Crippen molar-refractivity contribution in [3.05, 3.63) is 47.7 Å². The number of carbonyl (C=O) groups is 1. The molecule has 0 unspecified atom stereocenters. The first-order valence-electron chi connectivity index (χ1n) is 17.7. The van der Waals surface area contributed by atoms with Crippen molar-refractivity contribution in [3.63, 3.8) is 0 Å². The molecule has 1 amide bonds. The van der Waals surface area contributed by atoms with Crippen LogP contribution in [0.1, 0.15) is 93.5 Å². The Balaban J connectivity index is 0.992. The fraction of sp³-hybridized carbons (Fsp3) is 0.583. The van der Waals surface area contributed by atoms with Gasteiger partial charge < -0.3 is 25.2 Å². The first-order chi connectivity index (χ1) is 23.4. The van der Waals surface area contributed by atoms with E-state index in [4.69, 9.17) is 9.72 Å². The van der Waals surface area contributed by atoms with Crippen LogP contribution in [-0.2, 0) is 0 Å². The summed E-state index contributed by atoms with van der Waals surface area (Å²) in [7, 11) is 1.60. The largest absolute Gasteiger partial charge is 0.495 e. The number of piperazine rings is 1. The Hall–Kier alpha value is -4.21. The summed E-state index contributed by atoms with van der Waals surface area (Å²) in [4.78, 5) is 34.8. The summed E-state index contributed by atoms with van der Waals surface area (Å²) in [6, 6.07) is 8.59. The Kier molecular flexibility index (Phi) is 9.25. The Morgan fingerprint density at radius 1 is 1.08 bits per heavy atom. The molecule has 3 aromatic rings. The second-order valence-electron chi connectivity index (χ2n) is 14.1. The van der Waals surface area contributed by atoms with Gasteiger partial charge in [-0.05, 0) is 82.9 Å². The standard InChI is InChI=1S/C36H48N10O2/c1-5-30-33-29(19-37)39-22-45(33)31-20-38-36(42-34(31)46(30)23(2)3)41-28-13-8-25(18-32(28)48-4)35(47)40-26-9-11-27(12-10-26)44-16-14-43(15-17-44)21-24-6-7-24/h8,13,18,20,22-24,26-27,30H,5-7,9-12,14-17,21H2,1-4H3,(H,40,47)(H,38,41,42)/t26?,27?,30-/m1/s1. The zero-order chi connectivity index (χ0) is 33.4. The fourth-order valence-corrected chi connectivity index (χ4v) is 7.90. The predicted octanol–water partition coefficient (Wildman–Crippen LogP) is 5.03. The number of amides is 1. The lowest BCUT2D eigenvalue weighted by Gasteiger charge is -2.42. The Morgan fingerprint density at radius 2 is 1.85 bits per heavy atom. The summed E-state index contributed by atoms with van der Waals surface area (Å²) in [5, 5.41) is 16.3. The molecule has 2 N–H and O–H groups in total. The summed E-state index contributed by atoms with van der Waals surface area (Å²) < 4.78 is 7.65. The van der Waals surface area contributed by atoms with Crippen molar-refractivity contribution in [1.82, 2.24) is 34.6 Å². The van der Waals surface area contributed by atoms with Gasteiger partial charge in [-0.25, -0.2) is 9.97 Å². The number of fused-ring (bicyclic) bond motifs is 3. The van der Waals surface area contributed by atoms with Crippen LogP contribution >= 0.6 is 0 Å². The van der Waals surface area contributed by atoms with E-state index in [1.54, 1.807) is 25.7 Å². The summed E-state index contributed by atoms with van der Waals surface area (Å²) in [5.74, 6) is 2.61. The number of anilines is 3. The first-order valence-corrected chi connectivity index (χ1v) is 17.7. The molecular weight excluding hydrogens is 604 g/mol. The molecule has 2 aliphatic heterocycles. The Morgan fingerprint density at radius 3 is 2.52 bits per heavy atom. The normalized spacial score (nSPS) is 22.9. The number of imidazole rings is 1. The molecule has 48 heavy (non-hydrogen) atoms. The third-order valence-corrected chi connectivity index (χ3v) is 10.6. The highest BCUT2D eigenvalue weighted by Crippen LogP contribution is 2.42. The van der Waals surface area contributed by atoms with Crippen molar-refractivity contribution in [2.24, 2.45) is 5.92 Å². The van der Waals surface area contributed by atoms with E-state index >= 15 is 0 Å². The summed E-state index contributed by atoms with van der Waals surface area (Å²) >= 11 is 0. The number of nitrogens with one attached hydrogen (secondary N) is 2. The van der Waals surface area contributed by atoms with Gasteiger partial charge in [0.2, 0.25) is 5.95 Å². The highest BCUT2D eigenvalue weighted by Gasteiger charge is 2.36. The van der Waals surface area contributed by atoms with E-state index < -0.39 is 0 Å². The number of carbonyl (C=O) groups excluding carboxylic acids is 1. The van der Waals surface area contributed by atoms with Gasteiger partial charge in [-0.3, -0.25) is 14.3 Å². The van der Waals surface area contributed by atoms with Crippen molar-refractivity contribution in [2.75, 3.05) is 50.1 Å². The lowest BCUT2D eigenvalue weighted by Crippen LogP contribution is -2.52. The zero-order valence-corrected chi connectivity index (χ0v) is 28.7. The topological polar surface area (TPSA) is 127 Å². The van der Waals surface area contributed by atoms with Gasteiger partial charge in [0.1, 0.15) is 23.8 Å². The Labute approximate surface area is 283 Å². The van der Waals surface area contributed by atoms with E-state index in [1.165, 1.54) is 45.6 Å². The molecule has 0 spiro atoms. The molecule has 7 rings (SSSR count). The lowest BCUT2D eigenvalue weighted by molar-refractivity contribution is 0.0694. The molecule has 1 saturated heterocycles. The van der Waals surface area contributed by atoms with Gasteiger partial charge in [0, 0.05) is 56.4 Å². The molecule has 12 heteroatoms. The average Bonchev–Trinajstić information content (AvgIpc) is 3.82. The van der Waals surface area contributed by atoms with Gasteiger partial charge >= 0.3 is 0 Å². The number of ether oxygens (including phenoxy) is 1. The molecular formula is C36H48N10O2. The maximum absolute atomic E-state index is 13.3. The fourth-order valence-electron chi connectivity index (χ4n) is 7.90. The number of nitrogens with zero attached hydrogens (tertiary/aromatic N) is 8. The van der Waals surface area contributed by atoms with Crippen molar-refractivity contribution in [1.29, 1.82) is 5.26 Å². The van der Waals surface area contributed by atoms with Crippen molar-refractivity contribution in [2.45, 2.75) is 89.9 Å². The van der Waals surface area contributed by atoms with Gasteiger partial charge in [-0.1, -0.05) is 6.92 Å². The van der Waals surface area contributed by atoms with Crippen LogP contribution in [0.15, 0.2) is 30.7 Å². The van der Waals surface area contributed by atoms with Crippen LogP contribution in [0, 0.1) is 17.2 Å². The summed E-state index contributed by atoms with van der Waals surface area (Å²) in [6.45, 7) is 12.4. The van der Waals surface area contributed by atoms with E-state index in [0.717, 1.165) is 55.2 Å². The highest BCUT2D eigenvalue weighted by atomic mass is 16.5. The van der Waals surface area contributed by atoms with E-state index in [0.29, 0.717) is 34.7 Å². The molecule has 0 radical (unpaired) electrons. The van der Waals surface area contributed by atoms with E-state index in [1.807, 2.05) is 16.7 Å². The van der Waals surface area contributed by atoms with E-state index in [2.05, 4.69) is 62.1 Å². The number of benzene rings is 1. The number of rotatable bonds is 10. The average molecular weight is 653 g/mol. The smallest absolute Gasteiger partial charge is 0.251 e. The van der Waals surface area contributed by atoms with Crippen molar-refractivity contribution in [3.8, 4) is 17.5 Å². The molecule has 254 valence electrons. The van der Waals surface area contributed by atoms with Gasteiger partial charge in [0.15, 0.2) is 11.5 Å². The third kappa shape index (κ3) is 6.45. The SMILES string of the molecule is CC[C@@H]1c2c(C#N)ncn2-c2cnc(Nc3ccc(C(=O)NC4CCC(N5CCN(CC6CC6)CC5)CC4)cc3OC)nc2N1C(C)C. The van der Waals surface area contributed by atoms with Gasteiger partial charge in [0.05, 0.1) is 30.7 Å². The molecule has 2 aromatic heterocycles. The minimum atomic E-state index is -0.0759. The third-order valence-electron chi connectivity index (χ3n) is 10.6. The van der Waals surface area contributed by atoms with Crippen LogP contribution < -0.4 is 20.3 Å². The minimum absolute atomic E-state index is 0.0490. The number of methoxy groups -OCH3 is 1. The van der Waals surface area contributed by atoms with Gasteiger partial charge in [-0.2, -0.15) is 10.2 Å². The molecule has 3 fully saturated rings. The quantitative estimate of drug-likeness (QED) is 0.308. The Bertz CT molecular complexity index is 1660. The minimum Gasteiger partial charge on any atom is -0.495 e. The highest BCUT2D eigenvalue weighted by molar-refractivity contribution is 5.95. The summed E-state index contributed by atoms with van der Waals surface area (Å²) in [5.41, 5.74) is 3.31. The number of hydrogen-bond acceptors (Lipinski definition) is 10. The van der Waals surface area contributed by atoms with Crippen molar-refractivity contribution < 1.29 is 9.53 Å². The van der Waals surface area contributed by atoms with Crippen LogP contribution in [0.3, 0.4) is 0 Å². The van der Waals surface area contributed by atoms with Gasteiger partial charge in [0.25, 0.3) is 5.91 Å². The monoisotopic (exact) mass is 652 g/mol. The molecule has 4 aliphatic rings. The number of nitriles is 1. The van der Waals surface area contributed by atoms with Crippen molar-refractivity contribution >= 4 is 23.4 Å². The molecule has 12 nitrogen and oxygen atoms in total. The molecule has 0 bridgehead atoms. The van der Waals surface area contributed by atoms with E-state index in [9.17, 15) is 10.1 Å². The number of hydrogen-bond donors (Lipinski definition) is 2. The number of aromatic nitrogens is 4. The second kappa shape index (κ2) is 13.7. The first kappa shape index (κ1) is 32.3. The molecule has 1 atom stereocenters. The van der Waals surface area contributed by atoms with Crippen LogP contribution in [0.25, 0.3) is 5.69 Å². The van der Waals surface area contributed by atoms with Crippen LogP contribution in [-0.4, -0.2) is 93.2 Å². The maximum Gasteiger partial charge on any atom is 0.251 e. The molecule has 2 saturated carbocycles. The van der Waals surface area contributed by atoms with Crippen LogP contribution in [0.2, 0.25) is 0 Å². The lowest BCUT2D eigenvalue weighted by atomic mass is 9.89. The predicted molar refractivity (Wildman–Crippen MR) is 185 cm³/mol. The summed E-state index contributed by atoms with van der Waals surface area (Å²) in [6.07, 6.45) is 11.4. The van der Waals surface area contributed by atoms with Gasteiger partial charge in [-0.15, -0.1) is 0 Å². The molecule has 1 aromatic carbocycles. The maximum atomic E-state index is 13.3. The van der Waals surface area contributed by atoms with Crippen LogP contribution in [0.5, 0.6) is 5.75 Å². The molecule has 4 heterocycles. The zero-order valence-electron chi connectivity index (χ0n) is 28.7. The second-order valence-corrected chi connectivity index (χ2v) is 14.1.